The van der Waals surface area contributed by atoms with Gasteiger partial charge in [-0.25, -0.2) is 13.2 Å². The minimum absolute atomic E-state index is 0.00729. The highest BCUT2D eigenvalue weighted by atomic mass is 35.5. The van der Waals surface area contributed by atoms with E-state index in [2.05, 4.69) is 16.9 Å². The monoisotopic (exact) mass is 356 g/mol. The van der Waals surface area contributed by atoms with Gasteiger partial charge in [0, 0.05) is 12.1 Å². The summed E-state index contributed by atoms with van der Waals surface area (Å²) in [5.74, 6) is -0.645. The van der Waals surface area contributed by atoms with E-state index in [1.807, 2.05) is 0 Å². The molecule has 2 aromatic rings. The molecule has 1 aromatic heterocycles. The summed E-state index contributed by atoms with van der Waals surface area (Å²) in [6, 6.07) is 3.64. The molecule has 1 N–H and O–H groups in total. The molecule has 2 saturated heterocycles. The van der Waals surface area contributed by atoms with Crippen LogP contribution in [-0.2, 0) is 9.84 Å². The number of hydrogen-bond donors (Lipinski definition) is 1. The number of oxazole rings is 1. The molecule has 1 aromatic carbocycles. The third-order valence-electron chi connectivity index (χ3n) is 5.29. The van der Waals surface area contributed by atoms with Gasteiger partial charge in [-0.1, -0.05) is 11.6 Å². The lowest BCUT2D eigenvalue weighted by atomic mass is 10.0. The van der Waals surface area contributed by atoms with E-state index in [4.69, 9.17) is 16.0 Å². The van der Waals surface area contributed by atoms with Gasteiger partial charge in [0.1, 0.15) is 5.02 Å². The van der Waals surface area contributed by atoms with Crippen LogP contribution in [0.2, 0.25) is 5.02 Å². The molecule has 0 spiro atoms. The van der Waals surface area contributed by atoms with Crippen LogP contribution in [0.4, 0.5) is 0 Å². The molecule has 23 heavy (non-hydrogen) atoms. The Morgan fingerprint density at radius 1 is 1.26 bits per heavy atom. The second-order valence-corrected chi connectivity index (χ2v) is 9.03. The summed E-state index contributed by atoms with van der Waals surface area (Å²) in [4.78, 5) is 16.1. The Morgan fingerprint density at radius 3 is 2.57 bits per heavy atom. The highest BCUT2D eigenvalue weighted by Crippen LogP contribution is 2.40. The molecule has 2 aliphatic heterocycles. The van der Waals surface area contributed by atoms with E-state index >= 15 is 0 Å². The van der Waals surface area contributed by atoms with E-state index in [0.717, 1.165) is 12.8 Å². The predicted octanol–water partition coefficient (Wildman–Crippen LogP) is 2.17. The third kappa shape index (κ3) is 2.25. The van der Waals surface area contributed by atoms with Gasteiger partial charge in [-0.2, -0.15) is 0 Å². The maximum Gasteiger partial charge on any atom is 0.417 e. The summed E-state index contributed by atoms with van der Waals surface area (Å²) >= 11 is 6.23. The number of aromatic nitrogens is 1. The molecule has 2 aliphatic rings. The van der Waals surface area contributed by atoms with Crippen molar-refractivity contribution in [2.45, 2.75) is 47.9 Å². The lowest BCUT2D eigenvalue weighted by molar-refractivity contribution is 0.180. The van der Waals surface area contributed by atoms with Crippen LogP contribution in [0.15, 0.2) is 26.2 Å². The predicted molar refractivity (Wildman–Crippen MR) is 86.6 cm³/mol. The standard InChI is InChI=1S/C15H17ClN2O4S/c1-18-8-2-3-9(18)7-10(6-8)23(20,21)12-5-4-11-14(13(12)16)22-15(19)17-11/h4-5,8-10H,2-3,6-7H2,1H3,(H,17,19). The van der Waals surface area contributed by atoms with Crippen molar-refractivity contribution in [3.05, 3.63) is 27.7 Å². The Balaban J connectivity index is 1.77. The van der Waals surface area contributed by atoms with E-state index in [0.29, 0.717) is 30.4 Å². The van der Waals surface area contributed by atoms with Crippen molar-refractivity contribution in [2.24, 2.45) is 0 Å². The van der Waals surface area contributed by atoms with Gasteiger partial charge in [0.15, 0.2) is 15.4 Å². The number of rotatable bonds is 2. The number of benzene rings is 1. The lowest BCUT2D eigenvalue weighted by Crippen LogP contribution is -2.44. The normalized spacial score (nSPS) is 28.5. The fourth-order valence-electron chi connectivity index (χ4n) is 3.98. The molecule has 8 heteroatoms. The molecule has 0 amide bonds. The van der Waals surface area contributed by atoms with Crippen molar-refractivity contribution in [1.29, 1.82) is 0 Å². The number of fused-ring (bicyclic) bond motifs is 3. The van der Waals surface area contributed by atoms with Gasteiger partial charge in [-0.3, -0.25) is 4.98 Å². The number of aromatic amines is 1. The van der Waals surface area contributed by atoms with Gasteiger partial charge in [0.2, 0.25) is 0 Å². The molecule has 4 rings (SSSR count). The van der Waals surface area contributed by atoms with Crippen LogP contribution in [0, 0.1) is 0 Å². The highest BCUT2D eigenvalue weighted by Gasteiger charge is 2.44. The smallest absolute Gasteiger partial charge is 0.406 e. The molecule has 6 nitrogen and oxygen atoms in total. The molecular formula is C15H17ClN2O4S. The molecule has 124 valence electrons. The Labute approximate surface area is 138 Å². The van der Waals surface area contributed by atoms with Crippen molar-refractivity contribution in [3.63, 3.8) is 0 Å². The number of H-pyrrole nitrogens is 1. The number of hydrogen-bond acceptors (Lipinski definition) is 5. The fraction of sp³-hybridized carbons (Fsp3) is 0.533. The lowest BCUT2D eigenvalue weighted by Gasteiger charge is -2.36. The molecule has 3 heterocycles. The van der Waals surface area contributed by atoms with Crippen molar-refractivity contribution in [3.8, 4) is 0 Å². The molecule has 2 unspecified atom stereocenters. The summed E-state index contributed by atoms with van der Waals surface area (Å²) in [7, 11) is -1.49. The van der Waals surface area contributed by atoms with E-state index in [1.54, 1.807) is 0 Å². The van der Waals surface area contributed by atoms with Gasteiger partial charge in [-0.15, -0.1) is 0 Å². The topological polar surface area (TPSA) is 83.4 Å². The summed E-state index contributed by atoms with van der Waals surface area (Å²) in [5.41, 5.74) is 0.510. The summed E-state index contributed by atoms with van der Waals surface area (Å²) in [6.45, 7) is 0. The Bertz CT molecular complexity index is 919. The van der Waals surface area contributed by atoms with Crippen LogP contribution in [-0.4, -0.2) is 42.7 Å². The number of piperidine rings is 1. The van der Waals surface area contributed by atoms with Crippen LogP contribution in [0.3, 0.4) is 0 Å². The molecule has 2 atom stereocenters. The molecule has 0 saturated carbocycles. The average Bonchev–Trinajstić information content (AvgIpc) is 2.94. The SMILES string of the molecule is CN1C2CCC1CC(S(=O)(=O)c1ccc3[nH]c(=O)oc3c1Cl)C2. The zero-order valence-corrected chi connectivity index (χ0v) is 14.2. The summed E-state index contributed by atoms with van der Waals surface area (Å²) < 4.78 is 31.1. The van der Waals surface area contributed by atoms with Crippen LogP contribution >= 0.6 is 11.6 Å². The molecular weight excluding hydrogens is 340 g/mol. The maximum atomic E-state index is 13.1. The van der Waals surface area contributed by atoms with E-state index in [-0.39, 0.29) is 15.5 Å². The van der Waals surface area contributed by atoms with Crippen LogP contribution in [0.5, 0.6) is 0 Å². The van der Waals surface area contributed by atoms with E-state index < -0.39 is 20.8 Å². The van der Waals surface area contributed by atoms with E-state index in [9.17, 15) is 13.2 Å². The van der Waals surface area contributed by atoms with Gasteiger partial charge >= 0.3 is 5.76 Å². The van der Waals surface area contributed by atoms with Crippen LogP contribution in [0.1, 0.15) is 25.7 Å². The second-order valence-electron chi connectivity index (χ2n) is 6.46. The first-order valence-corrected chi connectivity index (χ1v) is 9.57. The molecule has 0 aliphatic carbocycles. The second kappa shape index (κ2) is 5.09. The van der Waals surface area contributed by atoms with Gasteiger partial charge in [-0.05, 0) is 44.9 Å². The Kier molecular flexibility index (Phi) is 3.37. The largest absolute Gasteiger partial charge is 0.417 e. The minimum atomic E-state index is -3.56. The van der Waals surface area contributed by atoms with E-state index in [1.165, 1.54) is 12.1 Å². The number of sulfone groups is 1. The number of nitrogens with one attached hydrogen (secondary N) is 1. The van der Waals surface area contributed by atoms with Crippen LogP contribution in [0.25, 0.3) is 11.1 Å². The molecule has 2 bridgehead atoms. The van der Waals surface area contributed by atoms with Crippen molar-refractivity contribution < 1.29 is 12.8 Å². The maximum absolute atomic E-state index is 13.1. The first kappa shape index (κ1) is 15.2. The first-order chi connectivity index (χ1) is 10.9. The van der Waals surface area contributed by atoms with Crippen molar-refractivity contribution in [1.82, 2.24) is 9.88 Å². The number of nitrogens with zero attached hydrogens (tertiary/aromatic N) is 1. The Hall–Kier alpha value is -1.31. The van der Waals surface area contributed by atoms with Crippen molar-refractivity contribution in [2.75, 3.05) is 7.05 Å². The van der Waals surface area contributed by atoms with Crippen LogP contribution < -0.4 is 5.76 Å². The quantitative estimate of drug-likeness (QED) is 0.891. The molecule has 2 fully saturated rings. The Morgan fingerprint density at radius 2 is 1.91 bits per heavy atom. The first-order valence-electron chi connectivity index (χ1n) is 7.65. The van der Waals surface area contributed by atoms with Gasteiger partial charge < -0.3 is 9.32 Å². The highest BCUT2D eigenvalue weighted by molar-refractivity contribution is 7.92. The molecule has 0 radical (unpaired) electrons. The zero-order chi connectivity index (χ0) is 16.4. The minimum Gasteiger partial charge on any atom is -0.406 e. The average molecular weight is 357 g/mol. The van der Waals surface area contributed by atoms with Gasteiger partial charge in [0.05, 0.1) is 15.7 Å². The van der Waals surface area contributed by atoms with Crippen molar-refractivity contribution >= 4 is 32.5 Å². The zero-order valence-electron chi connectivity index (χ0n) is 12.6. The third-order valence-corrected chi connectivity index (χ3v) is 8.00. The number of halogens is 1. The summed E-state index contributed by atoms with van der Waals surface area (Å²) in [5, 5.41) is -0.441. The fourth-order valence-corrected chi connectivity index (χ4v) is 6.41. The van der Waals surface area contributed by atoms with Gasteiger partial charge in [0.25, 0.3) is 0 Å². The summed E-state index contributed by atoms with van der Waals surface area (Å²) in [6.07, 6.45) is 3.35.